The van der Waals surface area contributed by atoms with Crippen LogP contribution in [-0.2, 0) is 14.3 Å². The van der Waals surface area contributed by atoms with E-state index >= 15 is 0 Å². The third kappa shape index (κ3) is 10.4. The molecule has 0 aromatic heterocycles. The Morgan fingerprint density at radius 3 is 2.56 bits per heavy atom. The van der Waals surface area contributed by atoms with Gasteiger partial charge in [0.05, 0.1) is 18.2 Å². The summed E-state index contributed by atoms with van der Waals surface area (Å²) in [4.78, 5) is 13.5. The van der Waals surface area contributed by atoms with Crippen molar-refractivity contribution in [2.24, 2.45) is 5.73 Å². The Hall–Kier alpha value is -0.720. The van der Waals surface area contributed by atoms with Gasteiger partial charge in [0, 0.05) is 26.6 Å². The van der Waals surface area contributed by atoms with E-state index in [1.165, 1.54) is 0 Å². The van der Waals surface area contributed by atoms with Crippen molar-refractivity contribution in [1.82, 2.24) is 4.90 Å². The Morgan fingerprint density at radius 1 is 1.28 bits per heavy atom. The predicted molar refractivity (Wildman–Crippen MR) is 75.6 cm³/mol. The van der Waals surface area contributed by atoms with Gasteiger partial charge in [-0.05, 0) is 6.42 Å². The van der Waals surface area contributed by atoms with Gasteiger partial charge in [-0.2, -0.15) is 0 Å². The van der Waals surface area contributed by atoms with Gasteiger partial charge < -0.3 is 20.1 Å². The standard InChI is InChI=1S/C12H24N2O3S/c1-3-4-7-16-8-9-17-10-12(15)14(2)6-5-11(13)18/h3-10H2,1-2H3,(H2,13,18). The number of ether oxygens (including phenoxy) is 2. The molecule has 106 valence electrons. The largest absolute Gasteiger partial charge is 0.393 e. The molecule has 0 aliphatic heterocycles. The summed E-state index contributed by atoms with van der Waals surface area (Å²) in [5.41, 5.74) is 5.37. The fourth-order valence-electron chi connectivity index (χ4n) is 1.14. The van der Waals surface area contributed by atoms with E-state index in [4.69, 9.17) is 27.4 Å². The summed E-state index contributed by atoms with van der Waals surface area (Å²) >= 11 is 4.75. The average Bonchev–Trinajstić information content (AvgIpc) is 2.34. The molecule has 2 N–H and O–H groups in total. The van der Waals surface area contributed by atoms with Crippen molar-refractivity contribution >= 4 is 23.1 Å². The Kier molecular flexibility index (Phi) is 10.9. The molecule has 18 heavy (non-hydrogen) atoms. The lowest BCUT2D eigenvalue weighted by molar-refractivity contribution is -0.135. The summed E-state index contributed by atoms with van der Waals surface area (Å²) in [6.07, 6.45) is 2.71. The highest BCUT2D eigenvalue weighted by Gasteiger charge is 2.08. The van der Waals surface area contributed by atoms with E-state index in [0.29, 0.717) is 31.2 Å². The van der Waals surface area contributed by atoms with Crippen molar-refractivity contribution in [3.8, 4) is 0 Å². The zero-order chi connectivity index (χ0) is 13.8. The molecule has 0 aromatic rings. The Morgan fingerprint density at radius 2 is 1.94 bits per heavy atom. The SMILES string of the molecule is CCCCOCCOCC(=O)N(C)CCC(N)=S. The molecular formula is C12H24N2O3S. The Bertz CT molecular complexity index is 249. The first-order valence-electron chi connectivity index (χ1n) is 6.25. The maximum absolute atomic E-state index is 11.6. The zero-order valence-electron chi connectivity index (χ0n) is 11.3. The summed E-state index contributed by atoms with van der Waals surface area (Å²) in [5.74, 6) is -0.0696. The molecule has 0 aromatic carbocycles. The molecule has 0 saturated heterocycles. The smallest absolute Gasteiger partial charge is 0.248 e. The molecule has 0 unspecified atom stereocenters. The van der Waals surface area contributed by atoms with Crippen molar-refractivity contribution < 1.29 is 14.3 Å². The molecule has 0 spiro atoms. The monoisotopic (exact) mass is 276 g/mol. The minimum absolute atomic E-state index is 0.0696. The molecule has 0 bridgehead atoms. The van der Waals surface area contributed by atoms with Crippen molar-refractivity contribution in [3.63, 3.8) is 0 Å². The highest BCUT2D eigenvalue weighted by atomic mass is 32.1. The molecule has 0 heterocycles. The van der Waals surface area contributed by atoms with Crippen LogP contribution in [0.2, 0.25) is 0 Å². The molecule has 1 amide bonds. The first-order chi connectivity index (χ1) is 8.57. The number of hydrogen-bond acceptors (Lipinski definition) is 4. The van der Waals surface area contributed by atoms with E-state index in [1.807, 2.05) is 0 Å². The lowest BCUT2D eigenvalue weighted by Crippen LogP contribution is -2.33. The van der Waals surface area contributed by atoms with Crippen LogP contribution in [0.25, 0.3) is 0 Å². The molecule has 0 aliphatic carbocycles. The minimum atomic E-state index is -0.0696. The van der Waals surface area contributed by atoms with Crippen LogP contribution in [0.1, 0.15) is 26.2 Å². The lowest BCUT2D eigenvalue weighted by Gasteiger charge is -2.16. The second-order valence-electron chi connectivity index (χ2n) is 4.05. The van der Waals surface area contributed by atoms with Crippen molar-refractivity contribution in [2.75, 3.05) is 40.0 Å². The third-order valence-electron chi connectivity index (χ3n) is 2.36. The lowest BCUT2D eigenvalue weighted by atomic mass is 10.4. The van der Waals surface area contributed by atoms with Gasteiger partial charge in [-0.25, -0.2) is 0 Å². The van der Waals surface area contributed by atoms with Crippen LogP contribution < -0.4 is 5.73 Å². The quantitative estimate of drug-likeness (QED) is 0.450. The van der Waals surface area contributed by atoms with E-state index in [0.717, 1.165) is 19.4 Å². The molecule has 0 aliphatic rings. The van der Waals surface area contributed by atoms with E-state index in [2.05, 4.69) is 6.92 Å². The summed E-state index contributed by atoms with van der Waals surface area (Å²) < 4.78 is 10.5. The number of thiocarbonyl (C=S) groups is 1. The molecule has 5 nitrogen and oxygen atoms in total. The van der Waals surface area contributed by atoms with Crippen LogP contribution >= 0.6 is 12.2 Å². The van der Waals surface area contributed by atoms with E-state index < -0.39 is 0 Å². The average molecular weight is 276 g/mol. The van der Waals surface area contributed by atoms with Gasteiger partial charge in [0.1, 0.15) is 6.61 Å². The number of nitrogens with zero attached hydrogens (tertiary/aromatic N) is 1. The zero-order valence-corrected chi connectivity index (χ0v) is 12.1. The maximum atomic E-state index is 11.6. The van der Waals surface area contributed by atoms with Crippen LogP contribution in [0.4, 0.5) is 0 Å². The van der Waals surface area contributed by atoms with Gasteiger partial charge >= 0.3 is 0 Å². The fraction of sp³-hybridized carbons (Fsp3) is 0.833. The topological polar surface area (TPSA) is 64.8 Å². The molecular weight excluding hydrogens is 252 g/mol. The van der Waals surface area contributed by atoms with Crippen LogP contribution in [0.5, 0.6) is 0 Å². The maximum Gasteiger partial charge on any atom is 0.248 e. The first-order valence-corrected chi connectivity index (χ1v) is 6.66. The van der Waals surface area contributed by atoms with E-state index in [1.54, 1.807) is 11.9 Å². The van der Waals surface area contributed by atoms with E-state index in [-0.39, 0.29) is 12.5 Å². The summed E-state index contributed by atoms with van der Waals surface area (Å²) in [6, 6.07) is 0. The second-order valence-corrected chi connectivity index (χ2v) is 4.57. The molecule has 0 saturated carbocycles. The highest BCUT2D eigenvalue weighted by Crippen LogP contribution is 1.92. The number of nitrogens with two attached hydrogens (primary N) is 1. The van der Waals surface area contributed by atoms with Crippen molar-refractivity contribution in [3.05, 3.63) is 0 Å². The van der Waals surface area contributed by atoms with Crippen LogP contribution in [0, 0.1) is 0 Å². The van der Waals surface area contributed by atoms with Crippen molar-refractivity contribution in [1.29, 1.82) is 0 Å². The van der Waals surface area contributed by atoms with Crippen LogP contribution in [0.3, 0.4) is 0 Å². The van der Waals surface area contributed by atoms with Gasteiger partial charge in [-0.15, -0.1) is 0 Å². The number of carbonyl (C=O) groups is 1. The summed E-state index contributed by atoms with van der Waals surface area (Å²) in [6.45, 7) is 4.45. The predicted octanol–water partition coefficient (Wildman–Crippen LogP) is 0.954. The molecule has 0 rings (SSSR count). The number of unbranched alkanes of at least 4 members (excludes halogenated alkanes) is 1. The van der Waals surface area contributed by atoms with Gasteiger partial charge in [-0.1, -0.05) is 25.6 Å². The van der Waals surface area contributed by atoms with Gasteiger partial charge in [0.25, 0.3) is 0 Å². The minimum Gasteiger partial charge on any atom is -0.393 e. The number of hydrogen-bond donors (Lipinski definition) is 1. The number of amides is 1. The number of rotatable bonds is 11. The van der Waals surface area contributed by atoms with Gasteiger partial charge in [0.15, 0.2) is 0 Å². The van der Waals surface area contributed by atoms with Crippen molar-refractivity contribution in [2.45, 2.75) is 26.2 Å². The number of carbonyl (C=O) groups excluding carboxylic acids is 1. The molecule has 0 atom stereocenters. The Balaban J connectivity index is 3.43. The van der Waals surface area contributed by atoms with E-state index in [9.17, 15) is 4.79 Å². The summed E-state index contributed by atoms with van der Waals surface area (Å²) in [5, 5.41) is 0. The molecule has 0 fully saturated rings. The Labute approximate surface area is 115 Å². The second kappa shape index (κ2) is 11.4. The first kappa shape index (κ1) is 17.3. The molecule has 6 heteroatoms. The fourth-order valence-corrected chi connectivity index (χ4v) is 1.23. The third-order valence-corrected chi connectivity index (χ3v) is 2.56. The normalized spacial score (nSPS) is 10.3. The van der Waals surface area contributed by atoms with Crippen LogP contribution in [-0.4, -0.2) is 55.8 Å². The number of likely N-dealkylation sites (N-methyl/N-ethyl adjacent to an activating group) is 1. The van der Waals surface area contributed by atoms with Gasteiger partial charge in [0.2, 0.25) is 5.91 Å². The summed E-state index contributed by atoms with van der Waals surface area (Å²) in [7, 11) is 1.71. The van der Waals surface area contributed by atoms with Gasteiger partial charge in [-0.3, -0.25) is 4.79 Å². The molecule has 0 radical (unpaired) electrons. The van der Waals surface area contributed by atoms with Crippen LogP contribution in [0.15, 0.2) is 0 Å². The highest BCUT2D eigenvalue weighted by molar-refractivity contribution is 7.80.